The van der Waals surface area contributed by atoms with Gasteiger partial charge in [-0.15, -0.1) is 0 Å². The van der Waals surface area contributed by atoms with Crippen LogP contribution in [0.5, 0.6) is 11.5 Å². The molecule has 1 aromatic carbocycles. The summed E-state index contributed by atoms with van der Waals surface area (Å²) in [5.74, 6) is 2.75. The first-order valence-corrected chi connectivity index (χ1v) is 6.78. The van der Waals surface area contributed by atoms with Crippen molar-refractivity contribution in [3.8, 4) is 11.5 Å². The van der Waals surface area contributed by atoms with Crippen LogP contribution in [0.1, 0.15) is 31.2 Å². The normalized spacial score (nSPS) is 14.5. The van der Waals surface area contributed by atoms with E-state index in [4.69, 9.17) is 9.47 Å². The van der Waals surface area contributed by atoms with E-state index in [1.807, 2.05) is 12.1 Å². The predicted octanol–water partition coefficient (Wildman–Crippen LogP) is 4.43. The Hall–Kier alpha value is -0.700. The number of ether oxygens (including phenoxy) is 2. The van der Waals surface area contributed by atoms with Crippen molar-refractivity contribution in [2.45, 2.75) is 25.6 Å². The highest BCUT2D eigenvalue weighted by molar-refractivity contribution is 9.09. The lowest BCUT2D eigenvalue weighted by Crippen LogP contribution is -2.10. The fraction of sp³-hybridized carbons (Fsp3) is 0.571. The second kappa shape index (κ2) is 6.29. The molecule has 2 unspecified atom stereocenters. The van der Waals surface area contributed by atoms with Crippen molar-refractivity contribution in [1.82, 2.24) is 0 Å². The molecule has 3 heteroatoms. The molecule has 2 atom stereocenters. The Balaban J connectivity index is 2.99. The smallest absolute Gasteiger partial charge is 0.161 e. The molecule has 96 valence electrons. The van der Waals surface area contributed by atoms with Crippen molar-refractivity contribution in [3.63, 3.8) is 0 Å². The van der Waals surface area contributed by atoms with Gasteiger partial charge in [0, 0.05) is 4.83 Å². The van der Waals surface area contributed by atoms with Crippen LogP contribution in [-0.2, 0) is 0 Å². The summed E-state index contributed by atoms with van der Waals surface area (Å²) >= 11 is 3.77. The van der Waals surface area contributed by atoms with E-state index in [-0.39, 0.29) is 0 Å². The third-order valence-electron chi connectivity index (χ3n) is 3.24. The van der Waals surface area contributed by atoms with E-state index in [0.29, 0.717) is 16.7 Å². The van der Waals surface area contributed by atoms with Gasteiger partial charge >= 0.3 is 0 Å². The molecule has 0 heterocycles. The molecule has 0 amide bonds. The SMILES string of the molecule is COc1ccc(C(Br)C(C)C(C)C)cc1OC. The van der Waals surface area contributed by atoms with Crippen molar-refractivity contribution >= 4 is 15.9 Å². The molecule has 2 nitrogen and oxygen atoms in total. The van der Waals surface area contributed by atoms with E-state index in [9.17, 15) is 0 Å². The number of hydrogen-bond donors (Lipinski definition) is 0. The molecule has 0 saturated heterocycles. The lowest BCUT2D eigenvalue weighted by atomic mass is 9.91. The average molecular weight is 301 g/mol. The fourth-order valence-corrected chi connectivity index (χ4v) is 2.56. The Morgan fingerprint density at radius 2 is 1.59 bits per heavy atom. The highest BCUT2D eigenvalue weighted by atomic mass is 79.9. The lowest BCUT2D eigenvalue weighted by Gasteiger charge is -2.23. The molecule has 1 aromatic rings. The van der Waals surface area contributed by atoms with E-state index in [1.165, 1.54) is 5.56 Å². The molecule has 17 heavy (non-hydrogen) atoms. The monoisotopic (exact) mass is 300 g/mol. The van der Waals surface area contributed by atoms with Crippen molar-refractivity contribution in [2.75, 3.05) is 14.2 Å². The van der Waals surface area contributed by atoms with Gasteiger partial charge in [-0.1, -0.05) is 42.8 Å². The molecular formula is C14H21BrO2. The molecule has 0 saturated carbocycles. The van der Waals surface area contributed by atoms with E-state index < -0.39 is 0 Å². The highest BCUT2D eigenvalue weighted by Crippen LogP contribution is 2.38. The van der Waals surface area contributed by atoms with Gasteiger partial charge in [0.15, 0.2) is 11.5 Å². The minimum Gasteiger partial charge on any atom is -0.493 e. The van der Waals surface area contributed by atoms with Gasteiger partial charge in [0.25, 0.3) is 0 Å². The summed E-state index contributed by atoms with van der Waals surface area (Å²) in [6.07, 6.45) is 0. The number of hydrogen-bond acceptors (Lipinski definition) is 2. The lowest BCUT2D eigenvalue weighted by molar-refractivity contribution is 0.353. The Morgan fingerprint density at radius 3 is 2.06 bits per heavy atom. The number of methoxy groups -OCH3 is 2. The summed E-state index contributed by atoms with van der Waals surface area (Å²) in [7, 11) is 3.32. The fourth-order valence-electron chi connectivity index (χ4n) is 1.67. The Kier molecular flexibility index (Phi) is 5.31. The van der Waals surface area contributed by atoms with Gasteiger partial charge in [-0.3, -0.25) is 0 Å². The standard InChI is InChI=1S/C14H21BrO2/c1-9(2)10(3)14(15)11-6-7-12(16-4)13(8-11)17-5/h6-10,14H,1-5H3. The molecule has 0 N–H and O–H groups in total. The van der Waals surface area contributed by atoms with Gasteiger partial charge in [0.05, 0.1) is 14.2 Å². The third kappa shape index (κ3) is 3.38. The molecule has 0 radical (unpaired) electrons. The van der Waals surface area contributed by atoms with Crippen molar-refractivity contribution in [1.29, 1.82) is 0 Å². The summed E-state index contributed by atoms with van der Waals surface area (Å²) in [4.78, 5) is 0.335. The Labute approximate surface area is 112 Å². The summed E-state index contributed by atoms with van der Waals surface area (Å²) in [6, 6.07) is 6.08. The van der Waals surface area contributed by atoms with E-state index >= 15 is 0 Å². The van der Waals surface area contributed by atoms with Gasteiger partial charge in [0.2, 0.25) is 0 Å². The van der Waals surface area contributed by atoms with Crippen LogP contribution in [-0.4, -0.2) is 14.2 Å². The van der Waals surface area contributed by atoms with Gasteiger partial charge in [-0.25, -0.2) is 0 Å². The summed E-state index contributed by atoms with van der Waals surface area (Å²) < 4.78 is 10.6. The van der Waals surface area contributed by atoms with Crippen LogP contribution >= 0.6 is 15.9 Å². The zero-order valence-electron chi connectivity index (χ0n) is 11.2. The average Bonchev–Trinajstić information content (AvgIpc) is 2.35. The largest absolute Gasteiger partial charge is 0.493 e. The van der Waals surface area contributed by atoms with Gasteiger partial charge < -0.3 is 9.47 Å². The van der Waals surface area contributed by atoms with Crippen LogP contribution in [0, 0.1) is 11.8 Å². The quantitative estimate of drug-likeness (QED) is 0.749. The molecule has 0 aromatic heterocycles. The predicted molar refractivity (Wildman–Crippen MR) is 75.2 cm³/mol. The first-order valence-electron chi connectivity index (χ1n) is 5.87. The number of halogens is 1. The second-order valence-corrected chi connectivity index (χ2v) is 5.61. The van der Waals surface area contributed by atoms with Crippen LogP contribution in [0.15, 0.2) is 18.2 Å². The zero-order valence-corrected chi connectivity index (χ0v) is 12.7. The number of alkyl halides is 1. The third-order valence-corrected chi connectivity index (χ3v) is 4.60. The summed E-state index contributed by atoms with van der Waals surface area (Å²) in [5.41, 5.74) is 1.23. The van der Waals surface area contributed by atoms with Gasteiger partial charge in [-0.2, -0.15) is 0 Å². The summed E-state index contributed by atoms with van der Waals surface area (Å²) in [5, 5.41) is 0. The topological polar surface area (TPSA) is 18.5 Å². The van der Waals surface area contributed by atoms with Crippen molar-refractivity contribution < 1.29 is 9.47 Å². The van der Waals surface area contributed by atoms with E-state index in [2.05, 4.69) is 42.8 Å². The second-order valence-electron chi connectivity index (χ2n) is 4.62. The van der Waals surface area contributed by atoms with E-state index in [1.54, 1.807) is 14.2 Å². The number of benzene rings is 1. The molecule has 0 aliphatic carbocycles. The van der Waals surface area contributed by atoms with Crippen LogP contribution in [0.25, 0.3) is 0 Å². The van der Waals surface area contributed by atoms with Crippen LogP contribution in [0.3, 0.4) is 0 Å². The first kappa shape index (κ1) is 14.4. The van der Waals surface area contributed by atoms with Gasteiger partial charge in [-0.05, 0) is 29.5 Å². The molecule has 0 bridgehead atoms. The van der Waals surface area contributed by atoms with Crippen LogP contribution in [0.2, 0.25) is 0 Å². The molecule has 0 aliphatic rings. The number of rotatable bonds is 5. The zero-order chi connectivity index (χ0) is 13.0. The van der Waals surface area contributed by atoms with Crippen molar-refractivity contribution in [3.05, 3.63) is 23.8 Å². The minimum absolute atomic E-state index is 0.335. The molecule has 0 spiro atoms. The summed E-state index contributed by atoms with van der Waals surface area (Å²) in [6.45, 7) is 6.72. The van der Waals surface area contributed by atoms with Crippen LogP contribution in [0.4, 0.5) is 0 Å². The maximum Gasteiger partial charge on any atom is 0.161 e. The van der Waals surface area contributed by atoms with Crippen molar-refractivity contribution in [2.24, 2.45) is 11.8 Å². The minimum atomic E-state index is 0.335. The first-order chi connectivity index (χ1) is 8.01. The molecule has 1 rings (SSSR count). The molecule has 0 fully saturated rings. The Morgan fingerprint density at radius 1 is 1.00 bits per heavy atom. The molecular weight excluding hydrogens is 280 g/mol. The highest BCUT2D eigenvalue weighted by Gasteiger charge is 2.20. The molecule has 0 aliphatic heterocycles. The maximum atomic E-state index is 5.32. The van der Waals surface area contributed by atoms with Gasteiger partial charge in [0.1, 0.15) is 0 Å². The Bertz CT molecular complexity index is 363. The van der Waals surface area contributed by atoms with E-state index in [0.717, 1.165) is 11.5 Å². The maximum absolute atomic E-state index is 5.32. The van der Waals surface area contributed by atoms with Crippen LogP contribution < -0.4 is 9.47 Å².